The number of pyridine rings is 1. The highest BCUT2D eigenvalue weighted by Crippen LogP contribution is 2.28. The second-order valence-electron chi connectivity index (χ2n) is 6.17. The predicted octanol–water partition coefficient (Wildman–Crippen LogP) is 1.71. The van der Waals surface area contributed by atoms with Crippen LogP contribution >= 0.6 is 0 Å². The Bertz CT molecular complexity index is 854. The van der Waals surface area contributed by atoms with Gasteiger partial charge in [-0.1, -0.05) is 13.0 Å². The normalized spacial score (nSPS) is 20.3. The van der Waals surface area contributed by atoms with Crippen molar-refractivity contribution in [3.63, 3.8) is 0 Å². The van der Waals surface area contributed by atoms with Crippen molar-refractivity contribution < 1.29 is 23.1 Å². The van der Waals surface area contributed by atoms with E-state index < -0.39 is 29.6 Å². The summed E-state index contributed by atoms with van der Waals surface area (Å²) in [4.78, 5) is 27.2. The van der Waals surface area contributed by atoms with Crippen molar-refractivity contribution >= 4 is 5.97 Å². The van der Waals surface area contributed by atoms with Gasteiger partial charge in [-0.25, -0.2) is 14.3 Å². The predicted molar refractivity (Wildman–Crippen MR) is 79.0 cm³/mol. The molecule has 7 nitrogen and oxygen atoms in total. The van der Waals surface area contributed by atoms with Crippen LogP contribution in [0.25, 0.3) is 0 Å². The van der Waals surface area contributed by atoms with Crippen LogP contribution in [0.5, 0.6) is 0 Å². The third kappa shape index (κ3) is 3.28. The van der Waals surface area contributed by atoms with E-state index in [1.165, 1.54) is 6.07 Å². The molecule has 0 saturated heterocycles. The van der Waals surface area contributed by atoms with Crippen molar-refractivity contribution in [2.45, 2.75) is 38.5 Å². The first-order chi connectivity index (χ1) is 11.7. The first-order valence-electron chi connectivity index (χ1n) is 7.60. The van der Waals surface area contributed by atoms with Crippen molar-refractivity contribution in [1.29, 1.82) is 0 Å². The Morgan fingerprint density at radius 2 is 2.12 bits per heavy atom. The van der Waals surface area contributed by atoms with Gasteiger partial charge in [-0.2, -0.15) is 18.3 Å². The molecule has 3 rings (SSSR count). The van der Waals surface area contributed by atoms with E-state index in [4.69, 9.17) is 0 Å². The summed E-state index contributed by atoms with van der Waals surface area (Å²) in [6.07, 6.45) is -2.70. The minimum Gasteiger partial charge on any atom is -0.480 e. The highest BCUT2D eigenvalue weighted by Gasteiger charge is 2.34. The second kappa shape index (κ2) is 6.01. The van der Waals surface area contributed by atoms with E-state index in [0.29, 0.717) is 24.2 Å². The van der Waals surface area contributed by atoms with Crippen LogP contribution in [-0.4, -0.2) is 30.4 Å². The fourth-order valence-electron chi connectivity index (χ4n) is 2.97. The molecule has 2 aromatic rings. The fourth-order valence-corrected chi connectivity index (χ4v) is 2.97. The maximum Gasteiger partial charge on any atom is 0.433 e. The molecule has 25 heavy (non-hydrogen) atoms. The number of hydrogen-bond acceptors (Lipinski definition) is 4. The van der Waals surface area contributed by atoms with Crippen molar-refractivity contribution in [1.82, 2.24) is 19.3 Å². The summed E-state index contributed by atoms with van der Waals surface area (Å²) in [6.45, 7) is 1.80. The average molecular weight is 356 g/mol. The van der Waals surface area contributed by atoms with Crippen LogP contribution in [-0.2, 0) is 23.9 Å². The molecule has 1 N–H and O–H groups in total. The highest BCUT2D eigenvalue weighted by molar-refractivity contribution is 5.72. The Hall–Kier alpha value is -2.65. The summed E-state index contributed by atoms with van der Waals surface area (Å²) in [7, 11) is 0. The Morgan fingerprint density at radius 3 is 2.68 bits per heavy atom. The molecule has 0 aliphatic carbocycles. The molecule has 0 bridgehead atoms. The number of aromatic nitrogens is 4. The first kappa shape index (κ1) is 17.2. The minimum absolute atomic E-state index is 0.0663. The smallest absolute Gasteiger partial charge is 0.433 e. The lowest BCUT2D eigenvalue weighted by atomic mass is 9.94. The van der Waals surface area contributed by atoms with Gasteiger partial charge in [-0.05, 0) is 24.0 Å². The maximum atomic E-state index is 12.5. The molecule has 2 aromatic heterocycles. The number of hydrogen-bond donors (Lipinski definition) is 1. The molecule has 0 amide bonds. The number of nitrogens with zero attached hydrogens (tertiary/aromatic N) is 4. The van der Waals surface area contributed by atoms with Crippen molar-refractivity contribution in [2.24, 2.45) is 5.92 Å². The summed E-state index contributed by atoms with van der Waals surface area (Å²) in [6, 6.07) is 1.07. The molecule has 1 aliphatic rings. The first-order valence-corrected chi connectivity index (χ1v) is 7.60. The lowest BCUT2D eigenvalue weighted by Gasteiger charge is -2.24. The molecular formula is C15H15F3N4O3. The molecule has 10 heteroatoms. The van der Waals surface area contributed by atoms with E-state index in [9.17, 15) is 27.9 Å². The van der Waals surface area contributed by atoms with Gasteiger partial charge in [-0.15, -0.1) is 0 Å². The van der Waals surface area contributed by atoms with Crippen molar-refractivity contribution in [3.05, 3.63) is 45.9 Å². The zero-order valence-electron chi connectivity index (χ0n) is 13.2. The van der Waals surface area contributed by atoms with Gasteiger partial charge < -0.3 is 5.11 Å². The van der Waals surface area contributed by atoms with Crippen LogP contribution in [0, 0.1) is 5.92 Å². The maximum absolute atomic E-state index is 12.5. The molecule has 2 atom stereocenters. The number of halogens is 3. The lowest BCUT2D eigenvalue weighted by Crippen LogP contribution is -2.36. The van der Waals surface area contributed by atoms with Gasteiger partial charge in [-0.3, -0.25) is 9.55 Å². The number of alkyl halides is 3. The van der Waals surface area contributed by atoms with Crippen molar-refractivity contribution in [2.75, 3.05) is 0 Å². The van der Waals surface area contributed by atoms with Gasteiger partial charge in [0.25, 0.3) is 0 Å². The minimum atomic E-state index is -4.53. The molecule has 0 radical (unpaired) electrons. The fraction of sp³-hybridized carbons (Fsp3) is 0.467. The number of carboxylic acids is 1. The van der Waals surface area contributed by atoms with Gasteiger partial charge in [0.15, 0.2) is 0 Å². The van der Waals surface area contributed by atoms with Gasteiger partial charge in [0.1, 0.15) is 17.6 Å². The van der Waals surface area contributed by atoms with Gasteiger partial charge in [0, 0.05) is 12.6 Å². The zero-order chi connectivity index (χ0) is 18.4. The molecular weight excluding hydrogens is 341 g/mol. The van der Waals surface area contributed by atoms with Gasteiger partial charge >= 0.3 is 17.8 Å². The van der Waals surface area contributed by atoms with Crippen LogP contribution in [0.3, 0.4) is 0 Å². The van der Waals surface area contributed by atoms with Crippen LogP contribution in [0.4, 0.5) is 13.2 Å². The zero-order valence-corrected chi connectivity index (χ0v) is 13.2. The third-order valence-electron chi connectivity index (χ3n) is 4.14. The average Bonchev–Trinajstić information content (AvgIpc) is 2.82. The third-order valence-corrected chi connectivity index (χ3v) is 4.14. The molecule has 0 spiro atoms. The number of fused-ring (bicyclic) bond motifs is 1. The summed E-state index contributed by atoms with van der Waals surface area (Å²) >= 11 is 0. The monoisotopic (exact) mass is 356 g/mol. The SMILES string of the molecule is C[C@H]1Cc2nn(Cc3ccc(C(F)(F)F)nc3)c(=O)n2[C@@H](C(=O)O)C1. The number of rotatable bonds is 3. The molecule has 0 saturated carbocycles. The molecule has 1 aliphatic heterocycles. The highest BCUT2D eigenvalue weighted by atomic mass is 19.4. The summed E-state index contributed by atoms with van der Waals surface area (Å²) in [5, 5.41) is 13.5. The van der Waals surface area contributed by atoms with Crippen LogP contribution in [0.1, 0.15) is 36.5 Å². The Morgan fingerprint density at radius 1 is 1.40 bits per heavy atom. The molecule has 0 aromatic carbocycles. The Kier molecular flexibility index (Phi) is 4.13. The topological polar surface area (TPSA) is 90.0 Å². The molecule has 0 fully saturated rings. The Balaban J connectivity index is 1.91. The Labute approximate surface area is 139 Å². The van der Waals surface area contributed by atoms with Gasteiger partial charge in [0.2, 0.25) is 0 Å². The second-order valence-corrected chi connectivity index (χ2v) is 6.17. The van der Waals surface area contributed by atoms with Gasteiger partial charge in [0.05, 0.1) is 6.54 Å². The number of aliphatic carboxylic acids is 1. The summed E-state index contributed by atoms with van der Waals surface area (Å²) < 4.78 is 39.8. The summed E-state index contributed by atoms with van der Waals surface area (Å²) in [5.41, 5.74) is -1.24. The quantitative estimate of drug-likeness (QED) is 0.904. The van der Waals surface area contributed by atoms with E-state index in [0.717, 1.165) is 21.5 Å². The number of carboxylic acid groups (broad SMARTS) is 1. The molecule has 0 unspecified atom stereocenters. The largest absolute Gasteiger partial charge is 0.480 e. The van der Waals surface area contributed by atoms with Crippen LogP contribution < -0.4 is 5.69 Å². The van der Waals surface area contributed by atoms with Crippen LogP contribution in [0.2, 0.25) is 0 Å². The van der Waals surface area contributed by atoms with E-state index in [2.05, 4.69) is 10.1 Å². The van der Waals surface area contributed by atoms with E-state index in [-0.39, 0.29) is 12.5 Å². The lowest BCUT2D eigenvalue weighted by molar-refractivity contribution is -0.142. The van der Waals surface area contributed by atoms with E-state index in [1.807, 2.05) is 6.92 Å². The molecule has 134 valence electrons. The van der Waals surface area contributed by atoms with Crippen molar-refractivity contribution in [3.8, 4) is 0 Å². The van der Waals surface area contributed by atoms with Crippen LogP contribution in [0.15, 0.2) is 23.1 Å². The summed E-state index contributed by atoms with van der Waals surface area (Å²) in [5.74, 6) is -0.668. The van der Waals surface area contributed by atoms with E-state index in [1.54, 1.807) is 0 Å². The number of carbonyl (C=O) groups is 1. The standard InChI is InChI=1S/C15H15F3N4O3/c1-8-4-10(13(23)24)22-12(5-8)20-21(14(22)25)7-9-2-3-11(19-6-9)15(16,17)18/h2-3,6,8,10H,4-5,7H2,1H3,(H,23,24)/t8-,10-/m1/s1. The van der Waals surface area contributed by atoms with E-state index >= 15 is 0 Å². The molecule has 3 heterocycles.